The zero-order valence-electron chi connectivity index (χ0n) is 11.7. The van der Waals surface area contributed by atoms with Crippen LogP contribution in [0.2, 0.25) is 10.0 Å². The van der Waals surface area contributed by atoms with Crippen molar-refractivity contribution in [1.29, 1.82) is 0 Å². The Morgan fingerprint density at radius 1 is 1.18 bits per heavy atom. The number of aromatic nitrogens is 3. The molecule has 0 spiro atoms. The summed E-state index contributed by atoms with van der Waals surface area (Å²) in [6.45, 7) is 0.479. The van der Waals surface area contributed by atoms with Crippen LogP contribution in [0.4, 0.5) is 0 Å². The number of pyridine rings is 1. The summed E-state index contributed by atoms with van der Waals surface area (Å²) in [6.07, 6.45) is 6.30. The van der Waals surface area contributed by atoms with Crippen LogP contribution in [-0.4, -0.2) is 14.6 Å². The van der Waals surface area contributed by atoms with E-state index >= 15 is 0 Å². The smallest absolute Gasteiger partial charge is 0.160 e. The summed E-state index contributed by atoms with van der Waals surface area (Å²) >= 11 is 11.9. The molecule has 0 radical (unpaired) electrons. The van der Waals surface area contributed by atoms with E-state index in [2.05, 4.69) is 16.4 Å². The van der Waals surface area contributed by atoms with Crippen LogP contribution >= 0.6 is 23.2 Å². The maximum Gasteiger partial charge on any atom is 0.160 e. The second-order valence-corrected chi connectivity index (χ2v) is 6.30. The molecule has 2 aromatic heterocycles. The summed E-state index contributed by atoms with van der Waals surface area (Å²) in [5.74, 6) is 1.33. The minimum atomic E-state index is 0.479. The van der Waals surface area contributed by atoms with E-state index in [9.17, 15) is 0 Å². The summed E-state index contributed by atoms with van der Waals surface area (Å²) in [6, 6.07) is 7.33. The van der Waals surface area contributed by atoms with Gasteiger partial charge in [0.1, 0.15) is 18.7 Å². The molecule has 0 aliphatic heterocycles. The number of rotatable bonds is 4. The topological polar surface area (TPSA) is 39.4 Å². The molecular weight excluding hydrogens is 321 g/mol. The highest BCUT2D eigenvalue weighted by molar-refractivity contribution is 6.42. The van der Waals surface area contributed by atoms with Crippen molar-refractivity contribution in [3.8, 4) is 5.75 Å². The lowest BCUT2D eigenvalue weighted by molar-refractivity contribution is 0.305. The predicted octanol–water partition coefficient (Wildman–Crippen LogP) is 4.49. The van der Waals surface area contributed by atoms with Gasteiger partial charge in [0.05, 0.1) is 10.0 Å². The van der Waals surface area contributed by atoms with Gasteiger partial charge in [-0.1, -0.05) is 23.2 Å². The van der Waals surface area contributed by atoms with Crippen LogP contribution in [0.5, 0.6) is 5.75 Å². The lowest BCUT2D eigenvalue weighted by atomic mass is 10.1. The third-order valence-corrected chi connectivity index (χ3v) is 4.59. The summed E-state index contributed by atoms with van der Waals surface area (Å²) < 4.78 is 7.83. The molecule has 1 fully saturated rings. The lowest BCUT2D eigenvalue weighted by Crippen LogP contribution is -2.02. The van der Waals surface area contributed by atoms with E-state index in [1.165, 1.54) is 18.4 Å². The van der Waals surface area contributed by atoms with Gasteiger partial charge < -0.3 is 4.74 Å². The van der Waals surface area contributed by atoms with Gasteiger partial charge in [-0.3, -0.25) is 4.40 Å². The minimum Gasteiger partial charge on any atom is -0.489 e. The van der Waals surface area contributed by atoms with E-state index in [0.29, 0.717) is 28.3 Å². The van der Waals surface area contributed by atoms with Gasteiger partial charge in [-0.15, -0.1) is 10.2 Å². The van der Waals surface area contributed by atoms with Crippen molar-refractivity contribution >= 4 is 28.8 Å². The Morgan fingerprint density at radius 2 is 2.05 bits per heavy atom. The Labute approximate surface area is 137 Å². The molecule has 0 amide bonds. The Bertz CT molecular complexity index is 843. The van der Waals surface area contributed by atoms with Crippen molar-refractivity contribution in [2.24, 2.45) is 0 Å². The van der Waals surface area contributed by atoms with Crippen LogP contribution in [0, 0.1) is 0 Å². The van der Waals surface area contributed by atoms with Crippen molar-refractivity contribution in [3.63, 3.8) is 0 Å². The first-order valence-electron chi connectivity index (χ1n) is 7.11. The van der Waals surface area contributed by atoms with Crippen LogP contribution in [-0.2, 0) is 6.61 Å². The zero-order valence-corrected chi connectivity index (χ0v) is 13.2. The molecule has 2 heterocycles. The van der Waals surface area contributed by atoms with Crippen LogP contribution in [0.3, 0.4) is 0 Å². The van der Waals surface area contributed by atoms with E-state index < -0.39 is 0 Å². The van der Waals surface area contributed by atoms with Gasteiger partial charge in [-0.25, -0.2) is 0 Å². The lowest BCUT2D eigenvalue weighted by Gasteiger charge is -2.12. The molecule has 0 unspecified atom stereocenters. The predicted molar refractivity (Wildman–Crippen MR) is 85.8 cm³/mol. The van der Waals surface area contributed by atoms with Crippen molar-refractivity contribution in [3.05, 3.63) is 58.0 Å². The highest BCUT2D eigenvalue weighted by Gasteiger charge is 2.27. The quantitative estimate of drug-likeness (QED) is 0.706. The van der Waals surface area contributed by atoms with E-state index in [1.54, 1.807) is 18.5 Å². The SMILES string of the molecule is Clc1ccc(OCc2cc3nncn3cc2C2CC2)cc1Cl. The number of fused-ring (bicyclic) bond motifs is 1. The normalized spacial score (nSPS) is 14.5. The van der Waals surface area contributed by atoms with Gasteiger partial charge >= 0.3 is 0 Å². The summed E-state index contributed by atoms with van der Waals surface area (Å²) in [5.41, 5.74) is 3.29. The molecule has 6 heteroatoms. The van der Waals surface area contributed by atoms with Crippen molar-refractivity contribution in [2.45, 2.75) is 25.4 Å². The standard InChI is InChI=1S/C16H13Cl2N3O/c17-14-4-3-12(6-15(14)18)22-8-11-5-16-20-19-9-21(16)7-13(11)10-1-2-10/h3-7,9-10H,1-2,8H2. The minimum absolute atomic E-state index is 0.479. The molecule has 1 aliphatic carbocycles. The van der Waals surface area contributed by atoms with Crippen molar-refractivity contribution < 1.29 is 4.74 Å². The largest absolute Gasteiger partial charge is 0.489 e. The van der Waals surface area contributed by atoms with Gasteiger partial charge in [0.15, 0.2) is 5.65 Å². The first kappa shape index (κ1) is 13.9. The molecule has 0 atom stereocenters. The van der Waals surface area contributed by atoms with Crippen molar-refractivity contribution in [1.82, 2.24) is 14.6 Å². The Balaban J connectivity index is 1.62. The second kappa shape index (κ2) is 5.45. The number of nitrogens with zero attached hydrogens (tertiary/aromatic N) is 3. The van der Waals surface area contributed by atoms with Gasteiger partial charge in [0.25, 0.3) is 0 Å². The molecule has 0 saturated heterocycles. The van der Waals surface area contributed by atoms with Gasteiger partial charge in [0, 0.05) is 12.3 Å². The number of benzene rings is 1. The summed E-state index contributed by atoms with van der Waals surface area (Å²) in [5, 5.41) is 9.06. The molecule has 0 bridgehead atoms. The third-order valence-electron chi connectivity index (χ3n) is 3.86. The Morgan fingerprint density at radius 3 is 2.82 bits per heavy atom. The molecule has 4 nitrogen and oxygen atoms in total. The van der Waals surface area contributed by atoms with E-state index in [1.807, 2.05) is 16.5 Å². The molecule has 1 saturated carbocycles. The van der Waals surface area contributed by atoms with Crippen LogP contribution in [0.1, 0.15) is 29.9 Å². The fraction of sp³-hybridized carbons (Fsp3) is 0.250. The highest BCUT2D eigenvalue weighted by Crippen LogP contribution is 2.42. The van der Waals surface area contributed by atoms with Gasteiger partial charge in [0.2, 0.25) is 0 Å². The number of halogens is 2. The summed E-state index contributed by atoms with van der Waals surface area (Å²) in [4.78, 5) is 0. The number of hydrogen-bond acceptors (Lipinski definition) is 3. The van der Waals surface area contributed by atoms with Crippen LogP contribution in [0.25, 0.3) is 5.65 Å². The summed E-state index contributed by atoms with van der Waals surface area (Å²) in [7, 11) is 0. The first-order valence-corrected chi connectivity index (χ1v) is 7.86. The van der Waals surface area contributed by atoms with E-state index in [4.69, 9.17) is 27.9 Å². The molecule has 3 aromatic rings. The maximum atomic E-state index is 6.02. The first-order chi connectivity index (χ1) is 10.7. The van der Waals surface area contributed by atoms with Crippen molar-refractivity contribution in [2.75, 3.05) is 0 Å². The molecule has 112 valence electrons. The molecular formula is C16H13Cl2N3O. The van der Waals surface area contributed by atoms with Gasteiger partial charge in [-0.2, -0.15) is 0 Å². The average Bonchev–Trinajstić information content (AvgIpc) is 3.26. The van der Waals surface area contributed by atoms with Crippen LogP contribution < -0.4 is 4.74 Å². The van der Waals surface area contributed by atoms with E-state index in [-0.39, 0.29) is 0 Å². The average molecular weight is 334 g/mol. The Kier molecular flexibility index (Phi) is 3.43. The van der Waals surface area contributed by atoms with Crippen LogP contribution in [0.15, 0.2) is 36.8 Å². The fourth-order valence-corrected chi connectivity index (χ4v) is 2.83. The fourth-order valence-electron chi connectivity index (χ4n) is 2.54. The number of ether oxygens (including phenoxy) is 1. The highest BCUT2D eigenvalue weighted by atomic mass is 35.5. The molecule has 0 N–H and O–H groups in total. The molecule has 22 heavy (non-hydrogen) atoms. The monoisotopic (exact) mass is 333 g/mol. The van der Waals surface area contributed by atoms with Gasteiger partial charge in [-0.05, 0) is 48.1 Å². The van der Waals surface area contributed by atoms with E-state index in [0.717, 1.165) is 11.2 Å². The Hall–Kier alpha value is -1.78. The zero-order chi connectivity index (χ0) is 15.1. The molecule has 1 aromatic carbocycles. The second-order valence-electron chi connectivity index (χ2n) is 5.49. The maximum absolute atomic E-state index is 6.02. The molecule has 4 rings (SSSR count). The number of hydrogen-bond donors (Lipinski definition) is 0. The third kappa shape index (κ3) is 2.64. The molecule has 1 aliphatic rings.